The van der Waals surface area contributed by atoms with Gasteiger partial charge in [0.25, 0.3) is 18.2 Å². The second kappa shape index (κ2) is 11.4. The highest BCUT2D eigenvalue weighted by Crippen LogP contribution is 2.30. The Hall–Kier alpha value is -3.66. The van der Waals surface area contributed by atoms with Crippen molar-refractivity contribution in [3.63, 3.8) is 0 Å². The number of imidazole rings is 1. The van der Waals surface area contributed by atoms with E-state index in [4.69, 9.17) is 15.0 Å². The number of thiophene rings is 1. The van der Waals surface area contributed by atoms with Gasteiger partial charge in [0.2, 0.25) is 5.95 Å². The van der Waals surface area contributed by atoms with Gasteiger partial charge in [-0.05, 0) is 42.7 Å². The normalized spacial score (nSPS) is 18.1. The molecule has 2 N–H and O–H groups in total. The van der Waals surface area contributed by atoms with Crippen LogP contribution in [0.1, 0.15) is 46.3 Å². The van der Waals surface area contributed by atoms with Crippen LogP contribution in [0.2, 0.25) is 0 Å². The first kappa shape index (κ1) is 27.9. The number of halogens is 2. The lowest BCUT2D eigenvalue weighted by molar-refractivity contribution is -0.127. The summed E-state index contributed by atoms with van der Waals surface area (Å²) in [6.45, 7) is 9.50. The average Bonchev–Trinajstić information content (AvgIpc) is 3.66. The fraction of sp³-hybridized carbons (Fsp3) is 0.429. The number of carbonyl (C=O) groups excluding carboxylic acids is 2. The second-order valence-electron chi connectivity index (χ2n) is 10.6. The Morgan fingerprint density at radius 1 is 1.32 bits per heavy atom. The molecule has 0 aliphatic carbocycles. The summed E-state index contributed by atoms with van der Waals surface area (Å²) in [6.07, 6.45) is -1.17. The molecule has 9 nitrogen and oxygen atoms in total. The molecule has 12 heteroatoms. The van der Waals surface area contributed by atoms with Gasteiger partial charge < -0.3 is 19.5 Å². The SMILES string of the molecule is C=C(C#N)C(=O)N1CCC[C@@H]1Cn1c(NC(=O)c2ccc(C(F)F)s2)nc2cc(CNCC3(C)COC3)ccc21. The number of rotatable bonds is 10. The van der Waals surface area contributed by atoms with E-state index in [0.717, 1.165) is 48.6 Å². The quantitative estimate of drug-likeness (QED) is 0.276. The number of benzene rings is 1. The Kier molecular flexibility index (Phi) is 7.98. The zero-order valence-electron chi connectivity index (χ0n) is 22.1. The molecule has 210 valence electrons. The zero-order valence-corrected chi connectivity index (χ0v) is 22.9. The van der Waals surface area contributed by atoms with Gasteiger partial charge in [0.1, 0.15) is 11.6 Å². The number of ether oxygens (including phenoxy) is 1. The van der Waals surface area contributed by atoms with E-state index in [0.29, 0.717) is 31.6 Å². The van der Waals surface area contributed by atoms with E-state index in [1.807, 2.05) is 28.8 Å². The number of nitrogens with one attached hydrogen (secondary N) is 2. The molecule has 4 heterocycles. The van der Waals surface area contributed by atoms with Crippen molar-refractivity contribution in [1.82, 2.24) is 19.8 Å². The smallest absolute Gasteiger partial charge is 0.272 e. The lowest BCUT2D eigenvalue weighted by atomic mass is 9.89. The van der Waals surface area contributed by atoms with Gasteiger partial charge in [-0.1, -0.05) is 19.6 Å². The molecule has 5 rings (SSSR count). The number of hydrogen-bond donors (Lipinski definition) is 2. The van der Waals surface area contributed by atoms with E-state index in [2.05, 4.69) is 24.1 Å². The van der Waals surface area contributed by atoms with Crippen LogP contribution in [0.25, 0.3) is 11.0 Å². The molecule has 1 aromatic carbocycles. The molecule has 0 bridgehead atoms. The van der Waals surface area contributed by atoms with Crippen LogP contribution < -0.4 is 10.6 Å². The number of likely N-dealkylation sites (tertiary alicyclic amines) is 1. The van der Waals surface area contributed by atoms with Crippen molar-refractivity contribution in [2.24, 2.45) is 5.41 Å². The maximum atomic E-state index is 13.1. The highest BCUT2D eigenvalue weighted by atomic mass is 32.1. The van der Waals surface area contributed by atoms with E-state index in [9.17, 15) is 18.4 Å². The fourth-order valence-corrected chi connectivity index (χ4v) is 5.87. The van der Waals surface area contributed by atoms with Crippen LogP contribution in [0.15, 0.2) is 42.5 Å². The Morgan fingerprint density at radius 3 is 2.80 bits per heavy atom. The van der Waals surface area contributed by atoms with Gasteiger partial charge in [-0.3, -0.25) is 14.9 Å². The van der Waals surface area contributed by atoms with E-state index < -0.39 is 18.2 Å². The third-order valence-electron chi connectivity index (χ3n) is 7.31. The van der Waals surface area contributed by atoms with Gasteiger partial charge in [0.05, 0.1) is 40.0 Å². The number of carbonyl (C=O) groups is 2. The number of nitrogens with zero attached hydrogens (tertiary/aromatic N) is 4. The summed E-state index contributed by atoms with van der Waals surface area (Å²) >= 11 is 0.735. The maximum Gasteiger partial charge on any atom is 0.272 e. The van der Waals surface area contributed by atoms with Crippen molar-refractivity contribution in [3.8, 4) is 6.07 Å². The van der Waals surface area contributed by atoms with Crippen LogP contribution in [0.5, 0.6) is 0 Å². The number of anilines is 1. The minimum absolute atomic E-state index is 0.122. The van der Waals surface area contributed by atoms with Crippen LogP contribution in [0, 0.1) is 16.7 Å². The Bertz CT molecular complexity index is 1490. The topological polar surface area (TPSA) is 112 Å². The number of nitriles is 1. The molecule has 1 atom stereocenters. The molecule has 2 saturated heterocycles. The first-order valence-corrected chi connectivity index (χ1v) is 13.9. The molecule has 2 aliphatic rings. The Morgan fingerprint density at radius 2 is 2.12 bits per heavy atom. The molecule has 0 saturated carbocycles. The summed E-state index contributed by atoms with van der Waals surface area (Å²) in [7, 11) is 0. The van der Waals surface area contributed by atoms with Gasteiger partial charge in [-0.2, -0.15) is 5.26 Å². The third kappa shape index (κ3) is 5.77. The summed E-state index contributed by atoms with van der Waals surface area (Å²) in [4.78, 5) is 32.1. The summed E-state index contributed by atoms with van der Waals surface area (Å²) in [6, 6.07) is 10.1. The van der Waals surface area contributed by atoms with E-state index in [1.165, 1.54) is 12.1 Å². The van der Waals surface area contributed by atoms with Gasteiger partial charge in [0, 0.05) is 31.6 Å². The van der Waals surface area contributed by atoms with E-state index in [1.54, 1.807) is 4.90 Å². The molecule has 2 fully saturated rings. The zero-order chi connectivity index (χ0) is 28.4. The van der Waals surface area contributed by atoms with Crippen molar-refractivity contribution < 1.29 is 23.1 Å². The second-order valence-corrected chi connectivity index (χ2v) is 11.7. The highest BCUT2D eigenvalue weighted by molar-refractivity contribution is 7.14. The monoisotopic (exact) mass is 568 g/mol. The molecular weight excluding hydrogens is 538 g/mol. The van der Waals surface area contributed by atoms with Crippen molar-refractivity contribution in [3.05, 3.63) is 57.8 Å². The summed E-state index contributed by atoms with van der Waals surface area (Å²) in [5.74, 6) is -0.685. The number of fused-ring (bicyclic) bond motifs is 1. The number of aromatic nitrogens is 2. The van der Waals surface area contributed by atoms with Crippen molar-refractivity contribution >= 4 is 40.1 Å². The number of hydrogen-bond acceptors (Lipinski definition) is 7. The van der Waals surface area contributed by atoms with Crippen LogP contribution in [0.3, 0.4) is 0 Å². The van der Waals surface area contributed by atoms with Crippen molar-refractivity contribution in [2.45, 2.75) is 45.3 Å². The van der Waals surface area contributed by atoms with Crippen molar-refractivity contribution in [1.29, 1.82) is 5.26 Å². The van der Waals surface area contributed by atoms with Crippen LogP contribution in [-0.2, 0) is 22.6 Å². The van der Waals surface area contributed by atoms with Crippen LogP contribution in [-0.4, -0.2) is 58.6 Å². The molecule has 2 aromatic heterocycles. The molecule has 0 spiro atoms. The lowest BCUT2D eigenvalue weighted by Gasteiger charge is -2.38. The predicted octanol–water partition coefficient (Wildman–Crippen LogP) is 4.48. The van der Waals surface area contributed by atoms with Crippen molar-refractivity contribution in [2.75, 3.05) is 31.6 Å². The molecule has 3 aromatic rings. The molecule has 0 radical (unpaired) electrons. The Balaban J connectivity index is 1.42. The molecule has 2 amide bonds. The minimum atomic E-state index is -2.66. The fourth-order valence-electron chi connectivity index (χ4n) is 5.11. The summed E-state index contributed by atoms with van der Waals surface area (Å²) < 4.78 is 33.3. The van der Waals surface area contributed by atoms with E-state index >= 15 is 0 Å². The van der Waals surface area contributed by atoms with Gasteiger partial charge in [-0.25, -0.2) is 13.8 Å². The maximum absolute atomic E-state index is 13.1. The summed E-state index contributed by atoms with van der Waals surface area (Å²) in [5.41, 5.74) is 2.45. The Labute approximate surface area is 234 Å². The number of alkyl halides is 2. The first-order chi connectivity index (χ1) is 19.2. The highest BCUT2D eigenvalue weighted by Gasteiger charge is 2.33. The molecule has 40 heavy (non-hydrogen) atoms. The van der Waals surface area contributed by atoms with Gasteiger partial charge in [0.15, 0.2) is 0 Å². The van der Waals surface area contributed by atoms with Crippen LogP contribution >= 0.6 is 11.3 Å². The van der Waals surface area contributed by atoms with E-state index in [-0.39, 0.29) is 32.7 Å². The third-order valence-corrected chi connectivity index (χ3v) is 8.40. The van der Waals surface area contributed by atoms with Gasteiger partial charge in [-0.15, -0.1) is 11.3 Å². The number of amides is 2. The van der Waals surface area contributed by atoms with Gasteiger partial charge >= 0.3 is 0 Å². The minimum Gasteiger partial charge on any atom is -0.380 e. The standard InChI is InChI=1S/C28H30F2N6O3S/c1-17(11-31)26(38)35-9-3-4-19(35)13-36-21-6-5-18(12-32-14-28(2)15-39-16-28)10-20(21)33-27(36)34-25(37)23-8-7-22(40-23)24(29)30/h5-8,10,19,24,32H,1,3-4,9,12-16H2,2H3,(H,33,34,37)/t19-/m1/s1. The largest absolute Gasteiger partial charge is 0.380 e. The predicted molar refractivity (Wildman–Crippen MR) is 147 cm³/mol. The average molecular weight is 569 g/mol. The first-order valence-electron chi connectivity index (χ1n) is 13.0. The molecular formula is C28H30F2N6O3S. The summed E-state index contributed by atoms with van der Waals surface area (Å²) in [5, 5.41) is 15.4. The lowest BCUT2D eigenvalue weighted by Crippen LogP contribution is -2.47. The molecule has 0 unspecified atom stereocenters. The molecule has 2 aliphatic heterocycles. The van der Waals surface area contributed by atoms with Crippen LogP contribution in [0.4, 0.5) is 14.7 Å².